The van der Waals surface area contributed by atoms with Gasteiger partial charge in [0.05, 0.1) is 0 Å². The molecule has 0 heterocycles. The van der Waals surface area contributed by atoms with Gasteiger partial charge in [0.2, 0.25) is 12.1 Å². The molecule has 0 aliphatic carbocycles. The Morgan fingerprint density at radius 1 is 0.875 bits per heavy atom. The van der Waals surface area contributed by atoms with Crippen LogP contribution in [-0.2, 0) is 14.3 Å². The summed E-state index contributed by atoms with van der Waals surface area (Å²) in [5.74, 6) is -0.431. The average molecular weight is 324 g/mol. The fraction of sp³-hybridized carbons (Fsp3) is 0.286. The standard InChI is InChI=1S/C21H24O3/c1-4-23-21(24-5-2)20(22)16(3)19(17-12-8-6-9-13-17)18-14-10-7-11-15-18/h6-15,19,21H,3-5H2,1-2H3. The van der Waals surface area contributed by atoms with Crippen LogP contribution < -0.4 is 0 Å². The third-order valence-corrected chi connectivity index (χ3v) is 3.78. The van der Waals surface area contributed by atoms with Gasteiger partial charge >= 0.3 is 0 Å². The van der Waals surface area contributed by atoms with E-state index in [1.165, 1.54) is 0 Å². The number of hydrogen-bond acceptors (Lipinski definition) is 3. The van der Waals surface area contributed by atoms with Crippen LogP contribution >= 0.6 is 0 Å². The zero-order chi connectivity index (χ0) is 17.4. The Bertz CT molecular complexity index is 604. The summed E-state index contributed by atoms with van der Waals surface area (Å²) >= 11 is 0. The minimum atomic E-state index is -0.901. The van der Waals surface area contributed by atoms with Gasteiger partial charge in [0, 0.05) is 24.7 Å². The van der Waals surface area contributed by atoms with Gasteiger partial charge in [-0.25, -0.2) is 0 Å². The Hall–Kier alpha value is -2.23. The number of ether oxygens (including phenoxy) is 2. The van der Waals surface area contributed by atoms with Crippen molar-refractivity contribution in [3.63, 3.8) is 0 Å². The van der Waals surface area contributed by atoms with Crippen LogP contribution in [0, 0.1) is 0 Å². The Balaban J connectivity index is 2.36. The number of carbonyl (C=O) groups is 1. The highest BCUT2D eigenvalue weighted by atomic mass is 16.7. The summed E-state index contributed by atoms with van der Waals surface area (Å²) in [6.07, 6.45) is -0.901. The van der Waals surface area contributed by atoms with Crippen LogP contribution in [0.1, 0.15) is 30.9 Å². The number of ketones is 1. The quantitative estimate of drug-likeness (QED) is 0.508. The largest absolute Gasteiger partial charge is 0.346 e. The lowest BCUT2D eigenvalue weighted by Gasteiger charge is -2.23. The molecule has 0 amide bonds. The predicted molar refractivity (Wildman–Crippen MR) is 95.9 cm³/mol. The summed E-state index contributed by atoms with van der Waals surface area (Å²) in [5.41, 5.74) is 2.52. The summed E-state index contributed by atoms with van der Waals surface area (Å²) in [4.78, 5) is 12.9. The second kappa shape index (κ2) is 9.16. The molecular formula is C21H24O3. The molecule has 3 heteroatoms. The van der Waals surface area contributed by atoms with E-state index in [-0.39, 0.29) is 11.7 Å². The maximum absolute atomic E-state index is 12.9. The van der Waals surface area contributed by atoms with E-state index < -0.39 is 6.29 Å². The Kier molecular flexibility index (Phi) is 6.91. The lowest BCUT2D eigenvalue weighted by molar-refractivity contribution is -0.164. The number of benzene rings is 2. The molecule has 0 atom stereocenters. The van der Waals surface area contributed by atoms with Crippen molar-refractivity contribution in [2.24, 2.45) is 0 Å². The van der Waals surface area contributed by atoms with Crippen molar-refractivity contribution >= 4 is 5.78 Å². The van der Waals surface area contributed by atoms with Gasteiger partial charge in [-0.05, 0) is 25.0 Å². The molecule has 0 radical (unpaired) electrons. The van der Waals surface area contributed by atoms with Crippen molar-refractivity contribution in [2.75, 3.05) is 13.2 Å². The number of carbonyl (C=O) groups excluding carboxylic acids is 1. The van der Waals surface area contributed by atoms with E-state index in [2.05, 4.69) is 6.58 Å². The lowest BCUT2D eigenvalue weighted by Crippen LogP contribution is -2.30. The second-order valence-electron chi connectivity index (χ2n) is 5.39. The molecular weight excluding hydrogens is 300 g/mol. The van der Waals surface area contributed by atoms with E-state index in [1.807, 2.05) is 74.5 Å². The van der Waals surface area contributed by atoms with Crippen LogP contribution in [0.3, 0.4) is 0 Å². The molecule has 0 aliphatic heterocycles. The monoisotopic (exact) mass is 324 g/mol. The highest BCUT2D eigenvalue weighted by Crippen LogP contribution is 2.32. The summed E-state index contributed by atoms with van der Waals surface area (Å²) in [6, 6.07) is 19.8. The zero-order valence-corrected chi connectivity index (χ0v) is 14.3. The maximum Gasteiger partial charge on any atom is 0.222 e. The van der Waals surface area contributed by atoms with Crippen LogP contribution in [0.15, 0.2) is 72.8 Å². The molecule has 0 saturated carbocycles. The summed E-state index contributed by atoms with van der Waals surface area (Å²) < 4.78 is 10.9. The number of rotatable bonds is 9. The molecule has 0 bridgehead atoms. The van der Waals surface area contributed by atoms with Gasteiger partial charge in [0.1, 0.15) is 0 Å². The van der Waals surface area contributed by atoms with E-state index in [0.29, 0.717) is 18.8 Å². The molecule has 126 valence electrons. The molecule has 0 N–H and O–H groups in total. The number of hydrogen-bond donors (Lipinski definition) is 0. The Morgan fingerprint density at radius 2 is 1.29 bits per heavy atom. The molecule has 0 unspecified atom stereocenters. The predicted octanol–water partition coefficient (Wildman–Crippen LogP) is 4.34. The fourth-order valence-electron chi connectivity index (χ4n) is 2.68. The molecule has 0 fully saturated rings. The second-order valence-corrected chi connectivity index (χ2v) is 5.39. The zero-order valence-electron chi connectivity index (χ0n) is 14.3. The van der Waals surface area contributed by atoms with Crippen molar-refractivity contribution < 1.29 is 14.3 Å². The molecule has 2 aromatic rings. The van der Waals surface area contributed by atoms with Crippen LogP contribution in [0.5, 0.6) is 0 Å². The van der Waals surface area contributed by atoms with Crippen molar-refractivity contribution in [3.8, 4) is 0 Å². The SMILES string of the molecule is C=C(C(=O)C(OCC)OCC)C(c1ccccc1)c1ccccc1. The van der Waals surface area contributed by atoms with Gasteiger partial charge in [-0.3, -0.25) is 4.79 Å². The van der Waals surface area contributed by atoms with Crippen LogP contribution in [0.25, 0.3) is 0 Å². The van der Waals surface area contributed by atoms with Crippen LogP contribution in [0.4, 0.5) is 0 Å². The van der Waals surface area contributed by atoms with Crippen LogP contribution in [0.2, 0.25) is 0 Å². The summed E-state index contributed by atoms with van der Waals surface area (Å²) in [6.45, 7) is 8.58. The van der Waals surface area contributed by atoms with Crippen LogP contribution in [-0.4, -0.2) is 25.3 Å². The van der Waals surface area contributed by atoms with Crippen molar-refractivity contribution in [3.05, 3.63) is 83.9 Å². The summed E-state index contributed by atoms with van der Waals surface area (Å²) in [5, 5.41) is 0. The lowest BCUT2D eigenvalue weighted by atomic mass is 9.83. The highest BCUT2D eigenvalue weighted by molar-refractivity contribution is 5.99. The third kappa shape index (κ3) is 4.40. The molecule has 2 rings (SSSR count). The molecule has 0 aliphatic rings. The Labute approximate surface area is 143 Å². The van der Waals surface area contributed by atoms with Crippen molar-refractivity contribution in [1.29, 1.82) is 0 Å². The van der Waals surface area contributed by atoms with Gasteiger partial charge in [-0.15, -0.1) is 0 Å². The molecule has 0 spiro atoms. The first-order valence-corrected chi connectivity index (χ1v) is 8.25. The van der Waals surface area contributed by atoms with E-state index in [1.54, 1.807) is 0 Å². The van der Waals surface area contributed by atoms with Gasteiger partial charge in [0.25, 0.3) is 0 Å². The van der Waals surface area contributed by atoms with Crippen molar-refractivity contribution in [2.45, 2.75) is 26.1 Å². The van der Waals surface area contributed by atoms with E-state index in [0.717, 1.165) is 11.1 Å². The average Bonchev–Trinajstić information content (AvgIpc) is 2.63. The van der Waals surface area contributed by atoms with Gasteiger partial charge < -0.3 is 9.47 Å². The first-order chi connectivity index (χ1) is 11.7. The Morgan fingerprint density at radius 3 is 1.67 bits per heavy atom. The minimum absolute atomic E-state index is 0.212. The third-order valence-electron chi connectivity index (χ3n) is 3.78. The van der Waals surface area contributed by atoms with E-state index in [9.17, 15) is 4.79 Å². The fourth-order valence-corrected chi connectivity index (χ4v) is 2.68. The van der Waals surface area contributed by atoms with Gasteiger partial charge in [0.15, 0.2) is 0 Å². The first-order valence-electron chi connectivity index (χ1n) is 8.25. The molecule has 0 aromatic heterocycles. The molecule has 3 nitrogen and oxygen atoms in total. The summed E-state index contributed by atoms with van der Waals surface area (Å²) in [7, 11) is 0. The van der Waals surface area contributed by atoms with Gasteiger partial charge in [-0.2, -0.15) is 0 Å². The number of Topliss-reactive ketones (excluding diaryl/α,β-unsaturated/α-hetero) is 1. The molecule has 0 saturated heterocycles. The highest BCUT2D eigenvalue weighted by Gasteiger charge is 2.28. The molecule has 2 aromatic carbocycles. The maximum atomic E-state index is 12.9. The molecule has 24 heavy (non-hydrogen) atoms. The first kappa shape index (κ1) is 18.1. The van der Waals surface area contributed by atoms with Crippen molar-refractivity contribution in [1.82, 2.24) is 0 Å². The topological polar surface area (TPSA) is 35.5 Å². The normalized spacial score (nSPS) is 11.0. The van der Waals surface area contributed by atoms with E-state index in [4.69, 9.17) is 9.47 Å². The van der Waals surface area contributed by atoms with E-state index >= 15 is 0 Å². The van der Waals surface area contributed by atoms with Gasteiger partial charge in [-0.1, -0.05) is 67.2 Å². The minimum Gasteiger partial charge on any atom is -0.346 e. The smallest absolute Gasteiger partial charge is 0.222 e.